The number of carbonyl (C=O) groups is 2. The van der Waals surface area contributed by atoms with Crippen molar-refractivity contribution in [3.63, 3.8) is 0 Å². The lowest BCUT2D eigenvalue weighted by atomic mass is 9.82. The molecular formula is C17H24N2O6. The Morgan fingerprint density at radius 2 is 2.20 bits per heavy atom. The molecule has 5 atom stereocenters. The van der Waals surface area contributed by atoms with Crippen LogP contribution in [0.3, 0.4) is 0 Å². The number of carbonyl (C=O) groups excluding carboxylic acids is 1. The van der Waals surface area contributed by atoms with E-state index in [1.54, 1.807) is 14.0 Å². The van der Waals surface area contributed by atoms with Crippen molar-refractivity contribution in [3.05, 3.63) is 23.1 Å². The Hall–Kier alpha value is -1.90. The summed E-state index contributed by atoms with van der Waals surface area (Å²) in [6.07, 6.45) is 1.26. The Morgan fingerprint density at radius 1 is 1.48 bits per heavy atom. The van der Waals surface area contributed by atoms with E-state index in [0.717, 1.165) is 18.5 Å². The third-order valence-electron chi connectivity index (χ3n) is 5.25. The van der Waals surface area contributed by atoms with Gasteiger partial charge in [0.2, 0.25) is 11.8 Å². The van der Waals surface area contributed by atoms with Crippen LogP contribution in [0.5, 0.6) is 0 Å². The summed E-state index contributed by atoms with van der Waals surface area (Å²) in [5.74, 6) is -0.730. The lowest BCUT2D eigenvalue weighted by Gasteiger charge is -2.44. The van der Waals surface area contributed by atoms with Crippen LogP contribution in [0.1, 0.15) is 26.7 Å². The second kappa shape index (κ2) is 6.78. The predicted octanol–water partition coefficient (Wildman–Crippen LogP) is 0.827. The summed E-state index contributed by atoms with van der Waals surface area (Å²) in [5, 5.41) is 22.2. The van der Waals surface area contributed by atoms with Crippen LogP contribution in [-0.4, -0.2) is 65.1 Å². The van der Waals surface area contributed by atoms with Crippen LogP contribution >= 0.6 is 0 Å². The first-order valence-electron chi connectivity index (χ1n) is 8.43. The molecule has 3 heterocycles. The predicted molar refractivity (Wildman–Crippen MR) is 87.5 cm³/mol. The number of allylic oxidation sites excluding steroid dienone is 1. The Kier molecular flexibility index (Phi) is 4.86. The van der Waals surface area contributed by atoms with Gasteiger partial charge in [-0.05, 0) is 32.3 Å². The molecule has 2 saturated heterocycles. The summed E-state index contributed by atoms with van der Waals surface area (Å²) < 4.78 is 10.3. The summed E-state index contributed by atoms with van der Waals surface area (Å²) in [6.45, 7) is 4.22. The van der Waals surface area contributed by atoms with Crippen molar-refractivity contribution in [1.29, 1.82) is 0 Å². The smallest absolute Gasteiger partial charge is 0.449 e. The molecule has 3 rings (SSSR count). The number of aliphatic hydroxyl groups is 1. The van der Waals surface area contributed by atoms with Gasteiger partial charge in [0.25, 0.3) is 0 Å². The molecule has 8 heteroatoms. The number of ether oxygens (including phenoxy) is 2. The molecule has 0 saturated carbocycles. The van der Waals surface area contributed by atoms with E-state index in [1.807, 2.05) is 13.0 Å². The van der Waals surface area contributed by atoms with Crippen molar-refractivity contribution in [2.75, 3.05) is 13.7 Å². The van der Waals surface area contributed by atoms with Crippen LogP contribution in [0.2, 0.25) is 0 Å². The van der Waals surface area contributed by atoms with Crippen molar-refractivity contribution in [2.45, 2.75) is 51.0 Å². The molecule has 1 amide bonds. The molecule has 0 unspecified atom stereocenters. The number of β-lactam (4-membered cyclic amide) rings is 1. The highest BCUT2D eigenvalue weighted by Crippen LogP contribution is 2.46. The molecule has 8 nitrogen and oxygen atoms in total. The van der Waals surface area contributed by atoms with Crippen LogP contribution in [0.4, 0.5) is 4.79 Å². The largest absolute Gasteiger partial charge is 0.512 e. The summed E-state index contributed by atoms with van der Waals surface area (Å²) in [4.78, 5) is 24.7. The highest BCUT2D eigenvalue weighted by Gasteiger charge is 2.56. The fraction of sp³-hybridized carbons (Fsp3) is 0.647. The number of methoxy groups -OCH3 is 1. The third kappa shape index (κ3) is 3.17. The third-order valence-corrected chi connectivity index (χ3v) is 5.25. The van der Waals surface area contributed by atoms with E-state index in [4.69, 9.17) is 14.6 Å². The van der Waals surface area contributed by atoms with Crippen molar-refractivity contribution >= 4 is 12.1 Å². The van der Waals surface area contributed by atoms with Crippen LogP contribution in [-0.2, 0) is 14.3 Å². The number of carboxylic acid groups (broad SMARTS) is 1. The van der Waals surface area contributed by atoms with Gasteiger partial charge in [0.1, 0.15) is 0 Å². The van der Waals surface area contributed by atoms with Gasteiger partial charge in [-0.15, -0.1) is 0 Å². The minimum Gasteiger partial charge on any atom is -0.449 e. The quantitative estimate of drug-likeness (QED) is 0.497. The zero-order chi connectivity index (χ0) is 18.3. The van der Waals surface area contributed by atoms with Gasteiger partial charge in [-0.25, -0.2) is 4.79 Å². The van der Waals surface area contributed by atoms with Crippen molar-refractivity contribution in [1.82, 2.24) is 10.2 Å². The average Bonchev–Trinajstić information content (AvgIpc) is 3.08. The van der Waals surface area contributed by atoms with Gasteiger partial charge in [-0.1, -0.05) is 6.08 Å². The van der Waals surface area contributed by atoms with Gasteiger partial charge in [0, 0.05) is 25.3 Å². The summed E-state index contributed by atoms with van der Waals surface area (Å²) in [6, 6.07) is -0.122. The molecule has 0 aromatic rings. The number of fused-ring (bicyclic) bond motifs is 1. The Morgan fingerprint density at radius 3 is 2.76 bits per heavy atom. The first kappa shape index (κ1) is 17.9. The van der Waals surface area contributed by atoms with Gasteiger partial charge < -0.3 is 25.0 Å². The second-order valence-electron chi connectivity index (χ2n) is 6.86. The van der Waals surface area contributed by atoms with Gasteiger partial charge in [-0.3, -0.25) is 9.69 Å². The van der Waals surface area contributed by atoms with E-state index in [2.05, 4.69) is 5.32 Å². The zero-order valence-electron chi connectivity index (χ0n) is 14.6. The molecule has 25 heavy (non-hydrogen) atoms. The lowest BCUT2D eigenvalue weighted by Crippen LogP contribution is -2.61. The molecule has 3 aliphatic rings. The fourth-order valence-electron chi connectivity index (χ4n) is 3.97. The first-order chi connectivity index (χ1) is 11.8. The molecule has 0 aliphatic carbocycles. The molecule has 3 aliphatic heterocycles. The number of amides is 1. The molecule has 2 fully saturated rings. The number of aliphatic hydroxyl groups excluding tert-OH is 1. The molecule has 0 aromatic heterocycles. The molecular weight excluding hydrogens is 328 g/mol. The van der Waals surface area contributed by atoms with E-state index >= 15 is 0 Å². The van der Waals surface area contributed by atoms with Crippen molar-refractivity contribution in [2.24, 2.45) is 5.92 Å². The summed E-state index contributed by atoms with van der Waals surface area (Å²) in [7, 11) is 1.68. The Labute approximate surface area is 146 Å². The van der Waals surface area contributed by atoms with Crippen LogP contribution in [0.25, 0.3) is 0 Å². The SMILES string of the molecule is CO[C@@H]1CN[C@H](C=C(C)C2=C(OC(=O)O)N3C(=O)[C@H]([C@@H](C)O)[C@H]3C2)C1. The number of nitrogens with one attached hydrogen (secondary N) is 1. The average molecular weight is 352 g/mol. The lowest BCUT2D eigenvalue weighted by molar-refractivity contribution is -0.160. The van der Waals surface area contributed by atoms with E-state index < -0.39 is 18.2 Å². The molecule has 0 bridgehead atoms. The van der Waals surface area contributed by atoms with Crippen LogP contribution in [0, 0.1) is 5.92 Å². The van der Waals surface area contributed by atoms with Gasteiger partial charge in [0.05, 0.1) is 24.2 Å². The number of nitrogens with zero attached hydrogens (tertiary/aromatic N) is 1. The minimum absolute atomic E-state index is 0.0782. The fourth-order valence-corrected chi connectivity index (χ4v) is 3.97. The summed E-state index contributed by atoms with van der Waals surface area (Å²) >= 11 is 0. The monoisotopic (exact) mass is 352 g/mol. The maximum absolute atomic E-state index is 12.3. The first-order valence-corrected chi connectivity index (χ1v) is 8.43. The highest BCUT2D eigenvalue weighted by molar-refractivity contribution is 5.90. The maximum Gasteiger partial charge on any atom is 0.512 e. The van der Waals surface area contributed by atoms with E-state index in [0.29, 0.717) is 12.0 Å². The molecule has 0 aromatic carbocycles. The zero-order valence-corrected chi connectivity index (χ0v) is 14.6. The molecule has 138 valence electrons. The molecule has 3 N–H and O–H groups in total. The van der Waals surface area contributed by atoms with E-state index in [-0.39, 0.29) is 30.0 Å². The Balaban J connectivity index is 1.84. The van der Waals surface area contributed by atoms with Gasteiger partial charge >= 0.3 is 6.16 Å². The minimum atomic E-state index is -1.45. The maximum atomic E-state index is 12.3. The molecule has 0 radical (unpaired) electrons. The highest BCUT2D eigenvalue weighted by atomic mass is 16.7. The number of hydrogen-bond donors (Lipinski definition) is 3. The number of hydrogen-bond acceptors (Lipinski definition) is 6. The van der Waals surface area contributed by atoms with Crippen LogP contribution < -0.4 is 5.32 Å². The van der Waals surface area contributed by atoms with E-state index in [9.17, 15) is 14.7 Å². The Bertz CT molecular complexity index is 641. The molecule has 0 spiro atoms. The van der Waals surface area contributed by atoms with Crippen LogP contribution in [0.15, 0.2) is 23.1 Å². The topological polar surface area (TPSA) is 108 Å². The van der Waals surface area contributed by atoms with Gasteiger partial charge in [-0.2, -0.15) is 0 Å². The normalized spacial score (nSPS) is 33.4. The van der Waals surface area contributed by atoms with Crippen molar-refractivity contribution in [3.8, 4) is 0 Å². The van der Waals surface area contributed by atoms with Crippen molar-refractivity contribution < 1.29 is 29.3 Å². The van der Waals surface area contributed by atoms with E-state index in [1.165, 1.54) is 4.90 Å². The van der Waals surface area contributed by atoms with Gasteiger partial charge in [0.15, 0.2) is 0 Å². The standard InChI is InChI=1S/C17H24N2O6/c1-8(4-10-5-11(24-3)7-18-10)12-6-13-14(9(2)20)15(21)19(13)16(12)25-17(22)23/h4,9-11,13-14,18,20H,5-7H2,1-3H3,(H,22,23)/t9-,10-,11+,13-,14-/m1/s1. The summed E-state index contributed by atoms with van der Waals surface area (Å²) in [5.41, 5.74) is 1.57. The second-order valence-corrected chi connectivity index (χ2v) is 6.86. The number of rotatable bonds is 5.